The minimum atomic E-state index is 0.695. The van der Waals surface area contributed by atoms with Crippen LogP contribution in [0.2, 0.25) is 0 Å². The van der Waals surface area contributed by atoms with E-state index < -0.39 is 0 Å². The Morgan fingerprint density at radius 2 is 1.92 bits per heavy atom. The maximum Gasteiger partial charge on any atom is 0.0266 e. The molecule has 0 aromatic carbocycles. The highest BCUT2D eigenvalue weighted by Gasteiger charge is 2.26. The molecule has 1 rings (SSSR count). The van der Waals surface area contributed by atoms with Crippen LogP contribution in [-0.4, -0.2) is 37.6 Å². The predicted octanol–water partition coefficient (Wildman–Crippen LogP) is 1.71. The fourth-order valence-corrected chi connectivity index (χ4v) is 2.59. The van der Waals surface area contributed by atoms with Gasteiger partial charge in [0.15, 0.2) is 0 Å². The van der Waals surface area contributed by atoms with E-state index in [4.69, 9.17) is 0 Å². The molecule has 0 spiro atoms. The van der Waals surface area contributed by atoms with Crippen LogP contribution in [0.3, 0.4) is 0 Å². The van der Waals surface area contributed by atoms with Gasteiger partial charge in [0.05, 0.1) is 0 Å². The van der Waals surface area contributed by atoms with Crippen LogP contribution >= 0.6 is 0 Å². The lowest BCUT2D eigenvalue weighted by atomic mass is 9.90. The number of nitrogens with one attached hydrogen (secondary N) is 1. The summed E-state index contributed by atoms with van der Waals surface area (Å²) in [6.07, 6.45) is 4.10. The summed E-state index contributed by atoms with van der Waals surface area (Å²) in [4.78, 5) is 2.37. The molecule has 1 aliphatic heterocycles. The quantitative estimate of drug-likeness (QED) is 0.718. The lowest BCUT2D eigenvalue weighted by Crippen LogP contribution is -2.51. The zero-order chi connectivity index (χ0) is 9.84. The predicted molar refractivity (Wildman–Crippen MR) is 58.0 cm³/mol. The van der Waals surface area contributed by atoms with E-state index in [0.717, 1.165) is 5.92 Å². The molecule has 0 aliphatic carbocycles. The molecule has 2 atom stereocenters. The average molecular weight is 184 g/mol. The number of rotatable bonds is 3. The van der Waals surface area contributed by atoms with Crippen LogP contribution in [0, 0.1) is 5.92 Å². The fourth-order valence-electron chi connectivity index (χ4n) is 2.59. The highest BCUT2D eigenvalue weighted by Crippen LogP contribution is 2.19. The minimum Gasteiger partial charge on any atom is -0.312 e. The van der Waals surface area contributed by atoms with Crippen LogP contribution in [0.5, 0.6) is 0 Å². The highest BCUT2D eigenvalue weighted by molar-refractivity contribution is 4.86. The van der Waals surface area contributed by atoms with Gasteiger partial charge in [-0.25, -0.2) is 0 Å². The molecular weight excluding hydrogens is 160 g/mol. The van der Waals surface area contributed by atoms with Gasteiger partial charge in [0, 0.05) is 12.1 Å². The van der Waals surface area contributed by atoms with Gasteiger partial charge >= 0.3 is 0 Å². The van der Waals surface area contributed by atoms with Crippen LogP contribution in [0.4, 0.5) is 0 Å². The summed E-state index contributed by atoms with van der Waals surface area (Å²) in [5.74, 6) is 0.741. The largest absolute Gasteiger partial charge is 0.312 e. The second kappa shape index (κ2) is 4.97. The summed E-state index contributed by atoms with van der Waals surface area (Å²) in [6, 6.07) is 1.41. The Morgan fingerprint density at radius 3 is 2.31 bits per heavy atom. The molecule has 0 aromatic heterocycles. The second-order valence-electron chi connectivity index (χ2n) is 4.75. The van der Waals surface area contributed by atoms with Crippen molar-refractivity contribution >= 4 is 0 Å². The molecule has 0 saturated carbocycles. The Morgan fingerprint density at radius 1 is 1.23 bits per heavy atom. The van der Waals surface area contributed by atoms with E-state index in [1.54, 1.807) is 0 Å². The highest BCUT2D eigenvalue weighted by atomic mass is 15.1. The van der Waals surface area contributed by atoms with Crippen LogP contribution in [0.15, 0.2) is 0 Å². The third-order valence-corrected chi connectivity index (χ3v) is 3.04. The Balaban J connectivity index is 2.52. The zero-order valence-corrected chi connectivity index (χ0v) is 9.51. The van der Waals surface area contributed by atoms with Gasteiger partial charge < -0.3 is 10.2 Å². The molecule has 1 fully saturated rings. The molecule has 13 heavy (non-hydrogen) atoms. The SMILES string of the molecule is CC(C)C(C1CCCCN1)N(C)C. The van der Waals surface area contributed by atoms with E-state index >= 15 is 0 Å². The van der Waals surface area contributed by atoms with Crippen molar-refractivity contribution in [1.29, 1.82) is 0 Å². The van der Waals surface area contributed by atoms with E-state index in [-0.39, 0.29) is 0 Å². The molecule has 1 heterocycles. The first kappa shape index (κ1) is 11.0. The van der Waals surface area contributed by atoms with E-state index in [9.17, 15) is 0 Å². The lowest BCUT2D eigenvalue weighted by Gasteiger charge is -2.38. The van der Waals surface area contributed by atoms with Gasteiger partial charge in [0.2, 0.25) is 0 Å². The fraction of sp³-hybridized carbons (Fsp3) is 1.00. The number of hydrogen-bond acceptors (Lipinski definition) is 2. The van der Waals surface area contributed by atoms with Gasteiger partial charge in [-0.05, 0) is 39.4 Å². The van der Waals surface area contributed by atoms with Crippen molar-refractivity contribution in [3.8, 4) is 0 Å². The normalized spacial score (nSPS) is 26.8. The maximum absolute atomic E-state index is 3.64. The molecule has 1 saturated heterocycles. The van der Waals surface area contributed by atoms with Gasteiger partial charge in [0.25, 0.3) is 0 Å². The molecule has 2 unspecified atom stereocenters. The Labute approximate surface area is 82.7 Å². The van der Waals surface area contributed by atoms with Crippen molar-refractivity contribution in [1.82, 2.24) is 10.2 Å². The third-order valence-electron chi connectivity index (χ3n) is 3.04. The molecule has 2 nitrogen and oxygen atoms in total. The number of nitrogens with zero attached hydrogens (tertiary/aromatic N) is 1. The Hall–Kier alpha value is -0.0800. The van der Waals surface area contributed by atoms with Crippen molar-refractivity contribution < 1.29 is 0 Å². The third kappa shape index (κ3) is 2.96. The monoisotopic (exact) mass is 184 g/mol. The topological polar surface area (TPSA) is 15.3 Å². The summed E-state index contributed by atoms with van der Waals surface area (Å²) >= 11 is 0. The standard InChI is InChI=1S/C11H24N2/c1-9(2)11(13(3)4)10-7-5-6-8-12-10/h9-12H,5-8H2,1-4H3. The van der Waals surface area contributed by atoms with Crippen molar-refractivity contribution in [2.24, 2.45) is 5.92 Å². The van der Waals surface area contributed by atoms with Crippen LogP contribution < -0.4 is 5.32 Å². The average Bonchev–Trinajstić information content (AvgIpc) is 2.04. The zero-order valence-electron chi connectivity index (χ0n) is 9.51. The van der Waals surface area contributed by atoms with Crippen LogP contribution in [0.1, 0.15) is 33.1 Å². The molecule has 1 aliphatic rings. The van der Waals surface area contributed by atoms with Gasteiger partial charge in [-0.15, -0.1) is 0 Å². The van der Waals surface area contributed by atoms with Crippen molar-refractivity contribution in [2.75, 3.05) is 20.6 Å². The Bertz CT molecular complexity index is 129. The van der Waals surface area contributed by atoms with Crippen LogP contribution in [-0.2, 0) is 0 Å². The number of piperidine rings is 1. The first-order valence-corrected chi connectivity index (χ1v) is 5.52. The van der Waals surface area contributed by atoms with Gasteiger partial charge in [-0.2, -0.15) is 0 Å². The summed E-state index contributed by atoms with van der Waals surface area (Å²) in [5.41, 5.74) is 0. The minimum absolute atomic E-state index is 0.695. The van der Waals surface area contributed by atoms with Crippen molar-refractivity contribution in [3.63, 3.8) is 0 Å². The van der Waals surface area contributed by atoms with E-state index in [1.807, 2.05) is 0 Å². The van der Waals surface area contributed by atoms with Crippen molar-refractivity contribution in [2.45, 2.75) is 45.2 Å². The smallest absolute Gasteiger partial charge is 0.0266 e. The first-order valence-electron chi connectivity index (χ1n) is 5.52. The molecule has 2 heteroatoms. The molecule has 0 amide bonds. The van der Waals surface area contributed by atoms with Crippen LogP contribution in [0.25, 0.3) is 0 Å². The first-order chi connectivity index (χ1) is 6.13. The van der Waals surface area contributed by atoms with Gasteiger partial charge in [0.1, 0.15) is 0 Å². The van der Waals surface area contributed by atoms with Gasteiger partial charge in [-0.1, -0.05) is 20.3 Å². The molecule has 0 bridgehead atoms. The van der Waals surface area contributed by atoms with E-state index in [1.165, 1.54) is 25.8 Å². The van der Waals surface area contributed by atoms with Crippen molar-refractivity contribution in [3.05, 3.63) is 0 Å². The molecular formula is C11H24N2. The molecule has 0 radical (unpaired) electrons. The summed E-state index contributed by atoms with van der Waals surface area (Å²) in [6.45, 7) is 5.85. The molecule has 1 N–H and O–H groups in total. The molecule has 0 aromatic rings. The number of likely N-dealkylation sites (N-methyl/N-ethyl adjacent to an activating group) is 1. The Kier molecular flexibility index (Phi) is 4.20. The summed E-state index contributed by atoms with van der Waals surface area (Å²) < 4.78 is 0. The summed E-state index contributed by atoms with van der Waals surface area (Å²) in [7, 11) is 4.39. The second-order valence-corrected chi connectivity index (χ2v) is 4.75. The van der Waals surface area contributed by atoms with Gasteiger partial charge in [-0.3, -0.25) is 0 Å². The lowest BCUT2D eigenvalue weighted by molar-refractivity contribution is 0.157. The van der Waals surface area contributed by atoms with E-state index in [0.29, 0.717) is 12.1 Å². The summed E-state index contributed by atoms with van der Waals surface area (Å²) in [5, 5.41) is 3.64. The van der Waals surface area contributed by atoms with E-state index in [2.05, 4.69) is 38.2 Å². The molecule has 78 valence electrons. The number of hydrogen-bond donors (Lipinski definition) is 1. The maximum atomic E-state index is 3.64.